The SMILES string of the molecule is C#C[C@@]12COP(O)(=S)O[C@@H]3[C@@H](F)[C@@H](COP(=O)(S)O[C@H]1C[C@H](n1cnc4c(N)ccnc41)O2)O[C@H]3n1nnc2c(=O)[nH]c(N)nc21.Nc1nc2c(nnn2[C@@H]2O[C@@H]3COP(O)(=S)O[C@H]4[C@H](F)[C@H](n5ccc6c(N)ccnc65)O[C@@H]4COP(O)(=S)O[C@@H]2[C@H]3F)c(=O)[nH]1. The summed E-state index contributed by atoms with van der Waals surface area (Å²) in [7, 11) is 0. The van der Waals surface area contributed by atoms with Crippen molar-refractivity contribution in [3.8, 4) is 12.3 Å². The molecule has 6 aliphatic heterocycles. The highest BCUT2D eigenvalue weighted by Gasteiger charge is 2.58. The van der Waals surface area contributed by atoms with Crippen LogP contribution in [0.5, 0.6) is 0 Å². The number of nitrogens with two attached hydrogens (primary N) is 4. The van der Waals surface area contributed by atoms with Crippen molar-refractivity contribution in [2.75, 3.05) is 49.4 Å². The molecule has 14 rings (SSSR count). The molecule has 6 saturated heterocycles. The zero-order valence-corrected chi connectivity index (χ0v) is 52.3. The summed E-state index contributed by atoms with van der Waals surface area (Å²) in [6.07, 6.45) is -10.4. The van der Waals surface area contributed by atoms with E-state index < -0.39 is 156 Å². The monoisotopic (exact) mass is 1430 g/mol. The summed E-state index contributed by atoms with van der Waals surface area (Å²) in [5.41, 5.74) is 21.0. The van der Waals surface area contributed by atoms with E-state index in [-0.39, 0.29) is 40.6 Å². The largest absolute Gasteiger partial charge is 0.398 e. The van der Waals surface area contributed by atoms with Gasteiger partial charge in [-0.05, 0) is 53.6 Å². The summed E-state index contributed by atoms with van der Waals surface area (Å²) >= 11 is 19.6. The van der Waals surface area contributed by atoms with E-state index in [1.807, 2.05) is 0 Å². The Balaban J connectivity index is 0.000000167. The first-order chi connectivity index (χ1) is 43.1. The van der Waals surface area contributed by atoms with Gasteiger partial charge in [-0.2, -0.15) is 19.3 Å². The minimum Gasteiger partial charge on any atom is -0.398 e. The number of imidazole rings is 1. The molecule has 13 N–H and O–H groups in total. The van der Waals surface area contributed by atoms with Crippen molar-refractivity contribution in [3.05, 3.63) is 63.8 Å². The molecule has 6 aliphatic rings. The maximum atomic E-state index is 16.0. The van der Waals surface area contributed by atoms with Crippen molar-refractivity contribution in [3.63, 3.8) is 0 Å². The van der Waals surface area contributed by atoms with E-state index in [1.165, 1.54) is 29.5 Å². The molecular formula is C43H46F3N19O18P4S4. The molecular weight excluding hydrogens is 1380 g/mol. The molecule has 0 radical (unpaired) electrons. The summed E-state index contributed by atoms with van der Waals surface area (Å²) in [4.78, 5) is 83.0. The zero-order chi connectivity index (χ0) is 64.4. The molecule has 4 unspecified atom stereocenters. The standard InChI is InChI=1S/C22H23FN10O9P2S2.C21H23F2N9O9P2S2/c1-2-22-7-38-44(36,46)42-16-13(23)10(39-20(16)33-18-15(30-31-33)19(34)29-21(25)28-18)6-37-43(35,45)41-11(22)5-12(40-22)32-8-27-14-9(24)3-4-26-17(14)32;22-11-9-5-36-42(34,44)40-14-10(39-19(12(14)23)31-4-2-7-8(24)1-3-26-16(7)31)6-37-43(35,45)41-15(11)20(38-9)32-17-13(29-30-32)18(33)28-21(25)27-17/h1,3-4,8,10-13,16,20H,5-7H2,(H2,24,26)(H,35,45)(H,36,46)(H3,25,28,29,34);1-4,9-12,14-15,19-20H,5-6H2,(H2,24,26)(H,34,44)(H,35,45)(H3,25,27,28,33)/t10-,11+,12-,13+,16-,20-,22-,43?,44?;9-,10-,11+,12+,14-,15-,19-,20-,42?,43?/m11/s1. The van der Waals surface area contributed by atoms with Gasteiger partial charge in [0.05, 0.1) is 38.4 Å². The lowest BCUT2D eigenvalue weighted by Gasteiger charge is -2.32. The van der Waals surface area contributed by atoms with Crippen molar-refractivity contribution in [2.24, 2.45) is 0 Å². The van der Waals surface area contributed by atoms with Crippen LogP contribution in [0.1, 0.15) is 31.3 Å². The number of aromatic amines is 2. The second-order valence-electron chi connectivity index (χ2n) is 20.6. The molecule has 37 nitrogen and oxygen atoms in total. The van der Waals surface area contributed by atoms with Crippen LogP contribution in [0.2, 0.25) is 0 Å². The fraction of sp³-hybridized carbons (Fsp3) is 0.465. The van der Waals surface area contributed by atoms with Gasteiger partial charge in [-0.1, -0.05) is 28.6 Å². The number of aromatic nitrogens is 15. The Morgan fingerprint density at radius 1 is 0.659 bits per heavy atom. The number of alkyl halides is 3. The van der Waals surface area contributed by atoms with Crippen LogP contribution in [-0.4, -0.2) is 182 Å². The lowest BCUT2D eigenvalue weighted by atomic mass is 9.99. The molecule has 91 heavy (non-hydrogen) atoms. The minimum absolute atomic E-state index is 0.0520. The predicted octanol–water partition coefficient (Wildman–Crippen LogP) is 1.17. The number of rotatable bonds is 4. The van der Waals surface area contributed by atoms with Gasteiger partial charge in [0.25, 0.3) is 11.1 Å². The van der Waals surface area contributed by atoms with E-state index in [0.29, 0.717) is 33.6 Å². The number of halogens is 3. The van der Waals surface area contributed by atoms with Crippen molar-refractivity contribution >= 4 is 142 Å². The summed E-state index contributed by atoms with van der Waals surface area (Å²) in [5, 5.41) is 15.7. The van der Waals surface area contributed by atoms with Crippen LogP contribution in [0.25, 0.3) is 44.5 Å². The first-order valence-corrected chi connectivity index (χ1v) is 36.7. The number of pyridine rings is 2. The first-order valence-electron chi connectivity index (χ1n) is 26.3. The van der Waals surface area contributed by atoms with Gasteiger partial charge >= 0.3 is 27.0 Å². The molecule has 8 aromatic rings. The van der Waals surface area contributed by atoms with E-state index in [1.54, 1.807) is 22.8 Å². The normalized spacial score (nSPS) is 37.3. The van der Waals surface area contributed by atoms with E-state index in [0.717, 1.165) is 9.36 Å². The number of thiol groups is 1. The molecule has 48 heteroatoms. The summed E-state index contributed by atoms with van der Waals surface area (Å²) in [6, 6.07) is 4.78. The Morgan fingerprint density at radius 2 is 1.19 bits per heavy atom. The van der Waals surface area contributed by atoms with E-state index >= 15 is 13.2 Å². The van der Waals surface area contributed by atoms with Crippen LogP contribution in [0, 0.1) is 12.3 Å². The Hall–Kier alpha value is -5.65. The van der Waals surface area contributed by atoms with Gasteiger partial charge in [0.15, 0.2) is 70.8 Å². The number of anilines is 4. The fourth-order valence-corrected chi connectivity index (χ4v) is 16.5. The fourth-order valence-electron chi connectivity index (χ4n) is 10.7. The molecule has 19 atom stereocenters. The Morgan fingerprint density at radius 3 is 1.78 bits per heavy atom. The summed E-state index contributed by atoms with van der Waals surface area (Å²) < 4.78 is 134. The lowest BCUT2D eigenvalue weighted by Crippen LogP contribution is -2.43. The average Bonchev–Trinajstić information content (AvgIpc) is 1.65. The molecule has 4 bridgehead atoms. The number of nitrogens with zero attached hydrogens (tertiary/aromatic N) is 13. The van der Waals surface area contributed by atoms with E-state index in [9.17, 15) is 28.8 Å². The second-order valence-corrected chi connectivity index (χ2v) is 31.9. The highest BCUT2D eigenvalue weighted by molar-refractivity contribution is 8.44. The molecule has 0 aliphatic carbocycles. The second kappa shape index (κ2) is 24.0. The number of hydrogen-bond donors (Lipinski definition) is 10. The number of ether oxygens (including phenoxy) is 4. The number of terminal acetylenes is 1. The van der Waals surface area contributed by atoms with Crippen LogP contribution in [-0.2, 0) is 95.1 Å². The third-order valence-corrected chi connectivity index (χ3v) is 21.2. The van der Waals surface area contributed by atoms with Crippen LogP contribution in [0.15, 0.2) is 52.7 Å². The van der Waals surface area contributed by atoms with Gasteiger partial charge in [0.1, 0.15) is 60.1 Å². The Labute approximate surface area is 525 Å². The quantitative estimate of drug-likeness (QED) is 0.0671. The first kappa shape index (κ1) is 64.1. The van der Waals surface area contributed by atoms with Gasteiger partial charge in [0.2, 0.25) is 11.9 Å². The van der Waals surface area contributed by atoms with E-state index in [4.69, 9.17) is 120 Å². The molecule has 0 saturated carbocycles. The molecule has 8 aromatic heterocycles. The van der Waals surface area contributed by atoms with Crippen molar-refractivity contribution in [1.29, 1.82) is 0 Å². The van der Waals surface area contributed by atoms with Crippen molar-refractivity contribution < 1.29 is 87.6 Å². The molecule has 0 spiro atoms. The maximum absolute atomic E-state index is 16.0. The third-order valence-electron chi connectivity index (χ3n) is 14.9. The number of hydrogen-bond acceptors (Lipinski definition) is 31. The van der Waals surface area contributed by atoms with Crippen molar-refractivity contribution in [1.82, 2.24) is 74.0 Å². The van der Waals surface area contributed by atoms with Crippen LogP contribution in [0.4, 0.5) is 36.4 Å². The molecule has 0 amide bonds. The van der Waals surface area contributed by atoms with Gasteiger partial charge in [-0.3, -0.25) is 46.7 Å². The third kappa shape index (κ3) is 12.1. The minimum atomic E-state index is -4.39. The van der Waals surface area contributed by atoms with Crippen LogP contribution < -0.4 is 34.1 Å². The molecule has 14 heterocycles. The molecule has 0 aromatic carbocycles. The average molecular weight is 1430 g/mol. The highest BCUT2D eigenvalue weighted by Crippen LogP contribution is 2.61. The lowest BCUT2D eigenvalue weighted by molar-refractivity contribution is -0.0891. The number of H-pyrrole nitrogens is 2. The van der Waals surface area contributed by atoms with Gasteiger partial charge in [-0.25, -0.2) is 32.7 Å². The Bertz CT molecular complexity index is 4570. The van der Waals surface area contributed by atoms with Crippen molar-refractivity contribution in [2.45, 2.75) is 98.2 Å². The number of nitrogens with one attached hydrogen (secondary N) is 2. The van der Waals surface area contributed by atoms with Crippen LogP contribution in [0.3, 0.4) is 0 Å². The molecule has 6 fully saturated rings. The summed E-state index contributed by atoms with van der Waals surface area (Å²) in [6.45, 7) is -20.1. The highest BCUT2D eigenvalue weighted by atomic mass is 32.7. The van der Waals surface area contributed by atoms with E-state index in [2.05, 4.69) is 73.7 Å². The number of fused-ring (bicyclic) bond motifs is 10. The Kier molecular flexibility index (Phi) is 16.9. The van der Waals surface area contributed by atoms with Crippen LogP contribution >= 0.6 is 39.2 Å². The molecule has 486 valence electrons. The zero-order valence-electron chi connectivity index (χ0n) is 45.4. The maximum Gasteiger partial charge on any atom is 0.386 e. The topological polar surface area (TPSA) is 494 Å². The van der Waals surface area contributed by atoms with Gasteiger partial charge < -0.3 is 74.7 Å². The van der Waals surface area contributed by atoms with Gasteiger partial charge in [-0.15, -0.1) is 16.6 Å². The number of nitrogen functional groups attached to an aromatic ring is 4. The smallest absolute Gasteiger partial charge is 0.386 e. The predicted molar refractivity (Wildman–Crippen MR) is 319 cm³/mol. The summed E-state index contributed by atoms with van der Waals surface area (Å²) in [5.74, 6) is 1.87. The van der Waals surface area contributed by atoms with Gasteiger partial charge in [0, 0.05) is 36.1 Å².